The van der Waals surface area contributed by atoms with Crippen molar-refractivity contribution in [2.45, 2.75) is 19.1 Å². The monoisotopic (exact) mass is 245 g/mol. The molecule has 1 atom stereocenters. The van der Waals surface area contributed by atoms with Gasteiger partial charge in [-0.2, -0.15) is 8.78 Å². The van der Waals surface area contributed by atoms with Gasteiger partial charge in [0.25, 0.3) is 0 Å². The van der Waals surface area contributed by atoms with Gasteiger partial charge in [-0.1, -0.05) is 18.2 Å². The van der Waals surface area contributed by atoms with Crippen LogP contribution in [0.1, 0.15) is 5.56 Å². The Morgan fingerprint density at radius 1 is 1.41 bits per heavy atom. The Hall–Kier alpha value is -1.69. The number of para-hydroxylation sites is 1. The largest absolute Gasteiger partial charge is 0.468 e. The van der Waals surface area contributed by atoms with E-state index in [4.69, 9.17) is 5.73 Å². The molecule has 0 saturated heterocycles. The van der Waals surface area contributed by atoms with Crippen molar-refractivity contribution in [2.75, 3.05) is 7.11 Å². The van der Waals surface area contributed by atoms with E-state index in [0.717, 1.165) is 0 Å². The number of esters is 1. The lowest BCUT2D eigenvalue weighted by Gasteiger charge is -2.13. The fourth-order valence-corrected chi connectivity index (χ4v) is 1.36. The summed E-state index contributed by atoms with van der Waals surface area (Å²) in [6.45, 7) is -2.91. The van der Waals surface area contributed by atoms with Crippen molar-refractivity contribution in [3.05, 3.63) is 29.8 Å². The first kappa shape index (κ1) is 13.4. The predicted molar refractivity (Wildman–Crippen MR) is 56.8 cm³/mol. The molecule has 0 amide bonds. The van der Waals surface area contributed by atoms with Gasteiger partial charge in [0.15, 0.2) is 0 Å². The molecule has 1 aromatic rings. The molecule has 4 nitrogen and oxygen atoms in total. The van der Waals surface area contributed by atoms with E-state index in [1.807, 2.05) is 0 Å². The fourth-order valence-electron chi connectivity index (χ4n) is 1.36. The van der Waals surface area contributed by atoms with Crippen molar-refractivity contribution in [2.24, 2.45) is 5.73 Å². The van der Waals surface area contributed by atoms with E-state index in [1.54, 1.807) is 18.2 Å². The zero-order valence-electron chi connectivity index (χ0n) is 9.23. The lowest BCUT2D eigenvalue weighted by Crippen LogP contribution is -2.33. The van der Waals surface area contributed by atoms with Crippen LogP contribution in [0.4, 0.5) is 8.78 Å². The summed E-state index contributed by atoms with van der Waals surface area (Å²) in [5.74, 6) is -0.585. The van der Waals surface area contributed by atoms with E-state index in [2.05, 4.69) is 9.47 Å². The minimum atomic E-state index is -2.91. The van der Waals surface area contributed by atoms with Gasteiger partial charge in [0.2, 0.25) is 0 Å². The Bertz CT molecular complexity index is 385. The second-order valence-electron chi connectivity index (χ2n) is 3.32. The lowest BCUT2D eigenvalue weighted by atomic mass is 10.1. The lowest BCUT2D eigenvalue weighted by molar-refractivity contribution is -0.142. The van der Waals surface area contributed by atoms with Crippen LogP contribution in [-0.4, -0.2) is 25.7 Å². The van der Waals surface area contributed by atoms with Crippen LogP contribution in [0.15, 0.2) is 24.3 Å². The molecule has 2 N–H and O–H groups in total. The number of hydrogen-bond donors (Lipinski definition) is 1. The summed E-state index contributed by atoms with van der Waals surface area (Å²) in [5, 5.41) is 0. The Morgan fingerprint density at radius 3 is 2.65 bits per heavy atom. The van der Waals surface area contributed by atoms with Gasteiger partial charge in [-0.25, -0.2) is 0 Å². The van der Waals surface area contributed by atoms with Crippen molar-refractivity contribution < 1.29 is 23.0 Å². The Morgan fingerprint density at radius 2 is 2.06 bits per heavy atom. The molecule has 1 aromatic carbocycles. The normalized spacial score (nSPS) is 12.3. The summed E-state index contributed by atoms with van der Waals surface area (Å²) >= 11 is 0. The highest BCUT2D eigenvalue weighted by molar-refractivity contribution is 5.75. The molecule has 0 heterocycles. The molecule has 0 bridgehead atoms. The molecule has 0 spiro atoms. The van der Waals surface area contributed by atoms with Crippen LogP contribution in [0.2, 0.25) is 0 Å². The topological polar surface area (TPSA) is 61.5 Å². The summed E-state index contributed by atoms with van der Waals surface area (Å²) < 4.78 is 33.0. The van der Waals surface area contributed by atoms with E-state index in [1.165, 1.54) is 13.2 Å². The molecule has 94 valence electrons. The molecule has 0 aliphatic heterocycles. The minimum Gasteiger partial charge on any atom is -0.468 e. The number of carbonyl (C=O) groups is 1. The summed E-state index contributed by atoms with van der Waals surface area (Å²) in [6, 6.07) is 5.27. The third-order valence-electron chi connectivity index (χ3n) is 2.13. The number of alkyl halides is 2. The van der Waals surface area contributed by atoms with Gasteiger partial charge in [0.1, 0.15) is 11.8 Å². The van der Waals surface area contributed by atoms with Crippen LogP contribution in [0.3, 0.4) is 0 Å². The van der Waals surface area contributed by atoms with Crippen molar-refractivity contribution in [1.82, 2.24) is 0 Å². The Kier molecular flexibility index (Phi) is 4.84. The average molecular weight is 245 g/mol. The highest BCUT2D eigenvalue weighted by atomic mass is 19.3. The van der Waals surface area contributed by atoms with E-state index in [0.29, 0.717) is 5.56 Å². The number of halogens is 2. The molecule has 1 rings (SSSR count). The highest BCUT2D eigenvalue weighted by Gasteiger charge is 2.17. The van der Waals surface area contributed by atoms with Crippen molar-refractivity contribution in [3.8, 4) is 5.75 Å². The van der Waals surface area contributed by atoms with Crippen LogP contribution < -0.4 is 10.5 Å². The third-order valence-corrected chi connectivity index (χ3v) is 2.13. The molecule has 17 heavy (non-hydrogen) atoms. The van der Waals surface area contributed by atoms with Crippen molar-refractivity contribution in [3.63, 3.8) is 0 Å². The van der Waals surface area contributed by atoms with E-state index in [9.17, 15) is 13.6 Å². The predicted octanol–water partition coefficient (Wildman–Crippen LogP) is 1.33. The molecular formula is C11H13F2NO3. The van der Waals surface area contributed by atoms with Gasteiger partial charge in [-0.05, 0) is 11.6 Å². The van der Waals surface area contributed by atoms with Gasteiger partial charge in [0.05, 0.1) is 7.11 Å². The van der Waals surface area contributed by atoms with Crippen LogP contribution in [0.5, 0.6) is 5.75 Å². The molecular weight excluding hydrogens is 232 g/mol. The molecule has 0 radical (unpaired) electrons. The van der Waals surface area contributed by atoms with E-state index < -0.39 is 18.6 Å². The Labute approximate surface area is 97.3 Å². The zero-order valence-corrected chi connectivity index (χ0v) is 9.23. The maximum atomic E-state index is 12.1. The first-order valence-electron chi connectivity index (χ1n) is 4.90. The number of carbonyl (C=O) groups excluding carboxylic acids is 1. The van der Waals surface area contributed by atoms with Crippen LogP contribution in [0, 0.1) is 0 Å². The fraction of sp³-hybridized carbons (Fsp3) is 0.364. The first-order valence-corrected chi connectivity index (χ1v) is 4.90. The third kappa shape index (κ3) is 3.99. The van der Waals surface area contributed by atoms with Crippen molar-refractivity contribution >= 4 is 5.97 Å². The molecule has 0 fully saturated rings. The van der Waals surface area contributed by atoms with Gasteiger partial charge >= 0.3 is 12.6 Å². The van der Waals surface area contributed by atoms with Gasteiger partial charge < -0.3 is 15.2 Å². The number of hydrogen-bond acceptors (Lipinski definition) is 4. The van der Waals surface area contributed by atoms with Gasteiger partial charge in [-0.3, -0.25) is 4.79 Å². The molecule has 0 aliphatic carbocycles. The van der Waals surface area contributed by atoms with Crippen molar-refractivity contribution in [1.29, 1.82) is 0 Å². The second kappa shape index (κ2) is 6.15. The van der Waals surface area contributed by atoms with Gasteiger partial charge in [0, 0.05) is 6.42 Å². The highest BCUT2D eigenvalue weighted by Crippen LogP contribution is 2.21. The minimum absolute atomic E-state index is 0.0156. The second-order valence-corrected chi connectivity index (χ2v) is 3.32. The number of nitrogens with two attached hydrogens (primary N) is 1. The average Bonchev–Trinajstić information content (AvgIpc) is 2.29. The number of methoxy groups -OCH3 is 1. The van der Waals surface area contributed by atoms with E-state index >= 15 is 0 Å². The summed E-state index contributed by atoms with van der Waals surface area (Å²) in [4.78, 5) is 11.1. The Balaban J connectivity index is 2.79. The van der Waals surface area contributed by atoms with E-state index in [-0.39, 0.29) is 12.2 Å². The standard InChI is InChI=1S/C11H13F2NO3/c1-16-10(15)8(14)6-7-4-2-3-5-9(7)17-11(12)13/h2-5,8,11H,6,14H2,1H3/t8-/m0/s1. The van der Waals surface area contributed by atoms with Crippen LogP contribution >= 0.6 is 0 Å². The quantitative estimate of drug-likeness (QED) is 0.795. The first-order chi connectivity index (χ1) is 8.04. The SMILES string of the molecule is COC(=O)[C@@H](N)Cc1ccccc1OC(F)F. The van der Waals surface area contributed by atoms with Gasteiger partial charge in [-0.15, -0.1) is 0 Å². The number of rotatable bonds is 5. The zero-order chi connectivity index (χ0) is 12.8. The summed E-state index contributed by atoms with van der Waals surface area (Å²) in [6.07, 6.45) is 0.0789. The number of benzene rings is 1. The molecule has 0 saturated carbocycles. The van der Waals surface area contributed by atoms with Crippen LogP contribution in [-0.2, 0) is 16.0 Å². The smallest absolute Gasteiger partial charge is 0.387 e. The summed E-state index contributed by atoms with van der Waals surface area (Å²) in [7, 11) is 1.21. The summed E-state index contributed by atoms with van der Waals surface area (Å²) in [5.41, 5.74) is 5.98. The van der Waals surface area contributed by atoms with Crippen LogP contribution in [0.25, 0.3) is 0 Å². The molecule has 0 unspecified atom stereocenters. The molecule has 0 aromatic heterocycles. The molecule has 0 aliphatic rings. The number of ether oxygens (including phenoxy) is 2. The maximum Gasteiger partial charge on any atom is 0.387 e. The molecule has 6 heteroatoms. The maximum absolute atomic E-state index is 12.1.